The first-order chi connectivity index (χ1) is 12.1. The Balaban J connectivity index is 2.13. The van der Waals surface area contributed by atoms with Crippen molar-refractivity contribution in [1.82, 2.24) is 9.62 Å². The van der Waals surface area contributed by atoms with Crippen molar-refractivity contribution < 1.29 is 13.2 Å². The van der Waals surface area contributed by atoms with E-state index in [4.69, 9.17) is 0 Å². The quantitative estimate of drug-likeness (QED) is 0.845. The number of carbonyl (C=O) groups excluding carboxylic acids is 1. The SMILES string of the molecule is Cc1cc(C)c(S(=O)(=O)N(C)CC(=O)N[C@@H](C)c2ccccc2)c(C)c1. The van der Waals surface area contributed by atoms with Gasteiger partial charge >= 0.3 is 0 Å². The molecule has 2 aromatic carbocycles. The molecule has 2 rings (SSSR count). The Morgan fingerprint density at radius 2 is 1.62 bits per heavy atom. The van der Waals surface area contributed by atoms with E-state index in [1.807, 2.05) is 56.3 Å². The zero-order valence-electron chi connectivity index (χ0n) is 15.9. The highest BCUT2D eigenvalue weighted by Crippen LogP contribution is 2.24. The molecule has 0 aliphatic carbocycles. The Morgan fingerprint density at radius 3 is 2.15 bits per heavy atom. The third-order valence-electron chi connectivity index (χ3n) is 4.32. The molecule has 0 fully saturated rings. The molecule has 0 bridgehead atoms. The van der Waals surface area contributed by atoms with E-state index in [0.717, 1.165) is 15.4 Å². The van der Waals surface area contributed by atoms with E-state index in [1.54, 1.807) is 13.8 Å². The molecule has 5 nitrogen and oxygen atoms in total. The number of hydrogen-bond acceptors (Lipinski definition) is 3. The smallest absolute Gasteiger partial charge is 0.243 e. The van der Waals surface area contributed by atoms with Crippen molar-refractivity contribution >= 4 is 15.9 Å². The van der Waals surface area contributed by atoms with Crippen molar-refractivity contribution in [3.63, 3.8) is 0 Å². The van der Waals surface area contributed by atoms with Crippen LogP contribution in [-0.2, 0) is 14.8 Å². The second kappa shape index (κ2) is 8.01. The summed E-state index contributed by atoms with van der Waals surface area (Å²) in [6, 6.07) is 13.0. The van der Waals surface area contributed by atoms with Crippen LogP contribution >= 0.6 is 0 Å². The predicted octanol–water partition coefficient (Wildman–Crippen LogP) is 3.11. The van der Waals surface area contributed by atoms with Gasteiger partial charge in [0.25, 0.3) is 0 Å². The molecule has 26 heavy (non-hydrogen) atoms. The minimum absolute atomic E-state index is 0.192. The number of hydrogen-bond donors (Lipinski definition) is 1. The number of amides is 1. The summed E-state index contributed by atoms with van der Waals surface area (Å²) >= 11 is 0. The molecule has 0 aliphatic heterocycles. The minimum Gasteiger partial charge on any atom is -0.348 e. The molecule has 0 unspecified atom stereocenters. The minimum atomic E-state index is -3.74. The summed E-state index contributed by atoms with van der Waals surface area (Å²) in [6.45, 7) is 7.12. The average Bonchev–Trinajstić information content (AvgIpc) is 2.54. The average molecular weight is 375 g/mol. The molecule has 0 saturated heterocycles. The van der Waals surface area contributed by atoms with Crippen molar-refractivity contribution in [3.8, 4) is 0 Å². The monoisotopic (exact) mass is 374 g/mol. The van der Waals surface area contributed by atoms with Gasteiger partial charge in [0.05, 0.1) is 17.5 Å². The van der Waals surface area contributed by atoms with Crippen LogP contribution in [0.15, 0.2) is 47.4 Å². The van der Waals surface area contributed by atoms with Gasteiger partial charge in [-0.3, -0.25) is 4.79 Å². The molecule has 1 N–H and O–H groups in total. The zero-order valence-corrected chi connectivity index (χ0v) is 16.7. The molecular formula is C20H26N2O3S. The summed E-state index contributed by atoms with van der Waals surface area (Å²) in [6.07, 6.45) is 0. The Morgan fingerprint density at radius 1 is 1.08 bits per heavy atom. The van der Waals surface area contributed by atoms with Crippen LogP contribution in [0, 0.1) is 20.8 Å². The lowest BCUT2D eigenvalue weighted by atomic mass is 10.1. The molecule has 2 aromatic rings. The van der Waals surface area contributed by atoms with Crippen LogP contribution in [-0.4, -0.2) is 32.2 Å². The molecule has 0 aliphatic rings. The topological polar surface area (TPSA) is 66.5 Å². The first-order valence-corrected chi connectivity index (χ1v) is 9.95. The summed E-state index contributed by atoms with van der Waals surface area (Å²) in [5.74, 6) is -0.338. The van der Waals surface area contributed by atoms with E-state index >= 15 is 0 Å². The second-order valence-electron chi connectivity index (χ2n) is 6.69. The summed E-state index contributed by atoms with van der Waals surface area (Å²) in [5.41, 5.74) is 3.35. The van der Waals surface area contributed by atoms with Gasteiger partial charge in [-0.15, -0.1) is 0 Å². The van der Waals surface area contributed by atoms with Gasteiger partial charge in [-0.05, 0) is 44.4 Å². The van der Waals surface area contributed by atoms with Gasteiger partial charge in [0, 0.05) is 7.05 Å². The summed E-state index contributed by atoms with van der Waals surface area (Å²) in [4.78, 5) is 12.6. The van der Waals surface area contributed by atoms with Gasteiger partial charge in [0.1, 0.15) is 0 Å². The Kier molecular flexibility index (Phi) is 6.21. The van der Waals surface area contributed by atoms with E-state index in [1.165, 1.54) is 7.05 Å². The number of carbonyl (C=O) groups is 1. The van der Waals surface area contributed by atoms with E-state index in [0.29, 0.717) is 11.1 Å². The molecule has 0 saturated carbocycles. The largest absolute Gasteiger partial charge is 0.348 e. The number of aryl methyl sites for hydroxylation is 3. The third-order valence-corrected chi connectivity index (χ3v) is 6.43. The highest BCUT2D eigenvalue weighted by atomic mass is 32.2. The van der Waals surface area contributed by atoms with Gasteiger partial charge < -0.3 is 5.32 Å². The lowest BCUT2D eigenvalue weighted by Crippen LogP contribution is -2.39. The molecule has 0 heterocycles. The molecule has 0 radical (unpaired) electrons. The molecule has 140 valence electrons. The van der Waals surface area contributed by atoms with Gasteiger partial charge in [-0.2, -0.15) is 4.31 Å². The first kappa shape index (κ1) is 20.1. The number of likely N-dealkylation sites (N-methyl/N-ethyl adjacent to an activating group) is 1. The van der Waals surface area contributed by atoms with E-state index < -0.39 is 10.0 Å². The fraction of sp³-hybridized carbons (Fsp3) is 0.350. The summed E-state index contributed by atoms with van der Waals surface area (Å²) in [5, 5.41) is 2.84. The maximum Gasteiger partial charge on any atom is 0.243 e. The molecule has 1 amide bonds. The maximum absolute atomic E-state index is 12.9. The first-order valence-electron chi connectivity index (χ1n) is 8.51. The highest BCUT2D eigenvalue weighted by Gasteiger charge is 2.27. The van der Waals surface area contributed by atoms with Crippen LogP contribution in [0.2, 0.25) is 0 Å². The van der Waals surface area contributed by atoms with Gasteiger partial charge in [-0.25, -0.2) is 8.42 Å². The van der Waals surface area contributed by atoms with Gasteiger partial charge in [-0.1, -0.05) is 48.0 Å². The van der Waals surface area contributed by atoms with Crippen molar-refractivity contribution in [2.45, 2.75) is 38.6 Å². The fourth-order valence-electron chi connectivity index (χ4n) is 3.13. The Labute approximate surface area is 156 Å². The number of nitrogens with one attached hydrogen (secondary N) is 1. The van der Waals surface area contributed by atoms with Crippen molar-refractivity contribution in [3.05, 3.63) is 64.7 Å². The number of rotatable bonds is 6. The predicted molar refractivity (Wildman–Crippen MR) is 103 cm³/mol. The van der Waals surface area contributed by atoms with Crippen molar-refractivity contribution in [2.24, 2.45) is 0 Å². The van der Waals surface area contributed by atoms with E-state index in [2.05, 4.69) is 5.32 Å². The summed E-state index contributed by atoms with van der Waals surface area (Å²) < 4.78 is 26.9. The Hall–Kier alpha value is -2.18. The Bertz CT molecular complexity index is 870. The summed E-state index contributed by atoms with van der Waals surface area (Å²) in [7, 11) is -2.31. The normalized spacial score (nSPS) is 12.8. The van der Waals surface area contributed by atoms with Crippen LogP contribution in [0.3, 0.4) is 0 Å². The second-order valence-corrected chi connectivity index (χ2v) is 8.67. The molecular weight excluding hydrogens is 348 g/mol. The lowest BCUT2D eigenvalue weighted by molar-refractivity contribution is -0.121. The van der Waals surface area contributed by atoms with Crippen molar-refractivity contribution in [2.75, 3.05) is 13.6 Å². The number of nitrogens with zero attached hydrogens (tertiary/aromatic N) is 1. The molecule has 6 heteroatoms. The number of sulfonamides is 1. The highest BCUT2D eigenvalue weighted by molar-refractivity contribution is 7.89. The van der Waals surface area contributed by atoms with E-state index in [-0.39, 0.29) is 23.4 Å². The van der Waals surface area contributed by atoms with Crippen LogP contribution in [0.1, 0.15) is 35.2 Å². The van der Waals surface area contributed by atoms with Gasteiger partial charge in [0.15, 0.2) is 0 Å². The number of benzene rings is 2. The molecule has 0 aromatic heterocycles. The van der Waals surface area contributed by atoms with Crippen LogP contribution < -0.4 is 5.32 Å². The third kappa shape index (κ3) is 4.51. The molecule has 0 spiro atoms. The zero-order chi connectivity index (χ0) is 19.5. The fourth-order valence-corrected chi connectivity index (χ4v) is 4.66. The standard InChI is InChI=1S/C20H26N2O3S/c1-14-11-15(2)20(16(3)12-14)26(24,25)22(5)13-19(23)21-17(4)18-9-7-6-8-10-18/h6-12,17H,13H2,1-5H3,(H,21,23)/t17-/m0/s1. The lowest BCUT2D eigenvalue weighted by Gasteiger charge is -2.21. The molecule has 1 atom stereocenters. The van der Waals surface area contributed by atoms with E-state index in [9.17, 15) is 13.2 Å². The maximum atomic E-state index is 12.9. The van der Waals surface area contributed by atoms with Crippen LogP contribution in [0.4, 0.5) is 0 Å². The van der Waals surface area contributed by atoms with Crippen molar-refractivity contribution in [1.29, 1.82) is 0 Å². The van der Waals surface area contributed by atoms with Gasteiger partial charge in [0.2, 0.25) is 15.9 Å². The van der Waals surface area contributed by atoms with Crippen LogP contribution in [0.25, 0.3) is 0 Å². The van der Waals surface area contributed by atoms with Crippen LogP contribution in [0.5, 0.6) is 0 Å².